The first-order valence-electron chi connectivity index (χ1n) is 8.65. The molecule has 2 aromatic rings. The van der Waals surface area contributed by atoms with E-state index in [2.05, 4.69) is 19.1 Å². The average Bonchev–Trinajstić information content (AvgIpc) is 2.66. The fraction of sp³-hybridized carbons (Fsp3) is 0.429. The van der Waals surface area contributed by atoms with Gasteiger partial charge in [-0.3, -0.25) is 0 Å². The topological polar surface area (TPSA) is 36.9 Å². The maximum Gasteiger partial charge on any atom is 0.130 e. The number of rotatable bonds is 9. The summed E-state index contributed by atoms with van der Waals surface area (Å²) in [7, 11) is 6.66. The Kier molecular flexibility index (Phi) is 6.99. The van der Waals surface area contributed by atoms with Crippen LogP contribution in [0.2, 0.25) is 0 Å². The molecule has 0 saturated heterocycles. The number of benzene rings is 2. The summed E-state index contributed by atoms with van der Waals surface area (Å²) in [5, 5.41) is 0. The molecule has 0 unspecified atom stereocenters. The van der Waals surface area contributed by atoms with Crippen LogP contribution in [0, 0.1) is 0 Å². The monoisotopic (exact) mass is 344 g/mol. The molecule has 2 aromatic carbocycles. The lowest BCUT2D eigenvalue weighted by Crippen LogP contribution is -1.97. The van der Waals surface area contributed by atoms with Gasteiger partial charge in [0.05, 0.1) is 34.0 Å². The van der Waals surface area contributed by atoms with Crippen molar-refractivity contribution >= 4 is 0 Å². The maximum absolute atomic E-state index is 5.67. The molecule has 136 valence electrons. The minimum Gasteiger partial charge on any atom is -0.497 e. The summed E-state index contributed by atoms with van der Waals surface area (Å²) in [4.78, 5) is 0. The lowest BCUT2D eigenvalue weighted by molar-refractivity contribution is 0.392. The van der Waals surface area contributed by atoms with E-state index in [0.717, 1.165) is 47.0 Å². The maximum atomic E-state index is 5.67. The zero-order valence-corrected chi connectivity index (χ0v) is 15.8. The van der Waals surface area contributed by atoms with Gasteiger partial charge in [-0.2, -0.15) is 0 Å². The van der Waals surface area contributed by atoms with Gasteiger partial charge in [-0.25, -0.2) is 0 Å². The molecule has 0 aliphatic heterocycles. The molecule has 0 spiro atoms. The minimum atomic E-state index is 0.727. The van der Waals surface area contributed by atoms with Crippen LogP contribution in [0.5, 0.6) is 23.0 Å². The summed E-state index contributed by atoms with van der Waals surface area (Å²) in [5.41, 5.74) is 3.06. The van der Waals surface area contributed by atoms with Crippen LogP contribution >= 0.6 is 0 Å². The standard InChI is InChI=1S/C21H28O4/c1-6-7-8-9-15-10-19(24-4)21(20(11-15)25-5)16-12-17(22-2)14-18(13-16)23-3/h10-14H,6-9H2,1-5H3. The van der Waals surface area contributed by atoms with E-state index >= 15 is 0 Å². The number of hydrogen-bond donors (Lipinski definition) is 0. The highest BCUT2D eigenvalue weighted by Gasteiger charge is 2.16. The SMILES string of the molecule is CCCCCc1cc(OC)c(-c2cc(OC)cc(OC)c2)c(OC)c1. The molecule has 25 heavy (non-hydrogen) atoms. The highest BCUT2D eigenvalue weighted by atomic mass is 16.5. The van der Waals surface area contributed by atoms with Gasteiger partial charge >= 0.3 is 0 Å². The highest BCUT2D eigenvalue weighted by molar-refractivity contribution is 5.79. The fourth-order valence-electron chi connectivity index (χ4n) is 2.93. The summed E-state index contributed by atoms with van der Waals surface area (Å²) >= 11 is 0. The molecule has 0 N–H and O–H groups in total. The van der Waals surface area contributed by atoms with Crippen molar-refractivity contribution in [2.45, 2.75) is 32.6 Å². The molecular weight excluding hydrogens is 316 g/mol. The predicted octanol–water partition coefficient (Wildman–Crippen LogP) is 5.12. The van der Waals surface area contributed by atoms with Gasteiger partial charge in [0.1, 0.15) is 23.0 Å². The van der Waals surface area contributed by atoms with Gasteiger partial charge < -0.3 is 18.9 Å². The van der Waals surface area contributed by atoms with Crippen molar-refractivity contribution in [3.8, 4) is 34.1 Å². The molecule has 0 fully saturated rings. The van der Waals surface area contributed by atoms with Crippen LogP contribution in [0.25, 0.3) is 11.1 Å². The lowest BCUT2D eigenvalue weighted by Gasteiger charge is -2.17. The third-order valence-corrected chi connectivity index (χ3v) is 4.27. The Bertz CT molecular complexity index is 647. The van der Waals surface area contributed by atoms with Gasteiger partial charge in [-0.05, 0) is 48.2 Å². The Hall–Kier alpha value is -2.36. The lowest BCUT2D eigenvalue weighted by atomic mass is 9.98. The molecular formula is C21H28O4. The van der Waals surface area contributed by atoms with Crippen molar-refractivity contribution in [1.82, 2.24) is 0 Å². The number of aryl methyl sites for hydroxylation is 1. The van der Waals surface area contributed by atoms with Crippen molar-refractivity contribution in [2.24, 2.45) is 0 Å². The Morgan fingerprint density at radius 3 is 1.68 bits per heavy atom. The van der Waals surface area contributed by atoms with E-state index in [-0.39, 0.29) is 0 Å². The fourth-order valence-corrected chi connectivity index (χ4v) is 2.93. The van der Waals surface area contributed by atoms with Crippen molar-refractivity contribution in [1.29, 1.82) is 0 Å². The van der Waals surface area contributed by atoms with Gasteiger partial charge in [0.15, 0.2) is 0 Å². The van der Waals surface area contributed by atoms with E-state index < -0.39 is 0 Å². The molecule has 0 saturated carbocycles. The zero-order chi connectivity index (χ0) is 18.2. The first-order chi connectivity index (χ1) is 12.2. The normalized spacial score (nSPS) is 10.4. The van der Waals surface area contributed by atoms with E-state index in [9.17, 15) is 0 Å². The second-order valence-electron chi connectivity index (χ2n) is 5.93. The van der Waals surface area contributed by atoms with Crippen LogP contribution in [0.1, 0.15) is 31.7 Å². The van der Waals surface area contributed by atoms with Crippen molar-refractivity contribution in [3.05, 3.63) is 35.9 Å². The summed E-state index contributed by atoms with van der Waals surface area (Å²) in [6, 6.07) is 9.96. The average molecular weight is 344 g/mol. The van der Waals surface area contributed by atoms with Crippen molar-refractivity contribution in [3.63, 3.8) is 0 Å². The summed E-state index contributed by atoms with van der Waals surface area (Å²) < 4.78 is 22.1. The Labute approximate surface area is 150 Å². The first kappa shape index (κ1) is 19.0. The molecule has 2 rings (SSSR count). The van der Waals surface area contributed by atoms with E-state index in [0.29, 0.717) is 0 Å². The molecule has 4 heteroatoms. The van der Waals surface area contributed by atoms with Crippen molar-refractivity contribution in [2.75, 3.05) is 28.4 Å². The molecule has 0 radical (unpaired) electrons. The van der Waals surface area contributed by atoms with Crippen LogP contribution in [0.3, 0.4) is 0 Å². The largest absolute Gasteiger partial charge is 0.497 e. The van der Waals surface area contributed by atoms with Crippen LogP contribution < -0.4 is 18.9 Å². The van der Waals surface area contributed by atoms with Gasteiger partial charge in [0.25, 0.3) is 0 Å². The van der Waals surface area contributed by atoms with Gasteiger partial charge in [-0.1, -0.05) is 19.8 Å². The summed E-state index contributed by atoms with van der Waals surface area (Å²) in [5.74, 6) is 3.04. The molecule has 0 atom stereocenters. The predicted molar refractivity (Wildman–Crippen MR) is 101 cm³/mol. The third kappa shape index (κ3) is 4.59. The molecule has 0 aromatic heterocycles. The molecule has 4 nitrogen and oxygen atoms in total. The van der Waals surface area contributed by atoms with Gasteiger partial charge in [0.2, 0.25) is 0 Å². The van der Waals surface area contributed by atoms with Gasteiger partial charge in [-0.15, -0.1) is 0 Å². The number of hydrogen-bond acceptors (Lipinski definition) is 4. The van der Waals surface area contributed by atoms with Gasteiger partial charge in [0, 0.05) is 6.07 Å². The number of unbranched alkanes of at least 4 members (excludes halogenated alkanes) is 2. The smallest absolute Gasteiger partial charge is 0.130 e. The molecule has 0 aliphatic carbocycles. The molecule has 0 amide bonds. The van der Waals surface area contributed by atoms with Crippen LogP contribution in [0.15, 0.2) is 30.3 Å². The minimum absolute atomic E-state index is 0.727. The van der Waals surface area contributed by atoms with E-state index in [4.69, 9.17) is 18.9 Å². The number of methoxy groups -OCH3 is 4. The Morgan fingerprint density at radius 1 is 0.680 bits per heavy atom. The third-order valence-electron chi connectivity index (χ3n) is 4.27. The zero-order valence-electron chi connectivity index (χ0n) is 15.8. The Morgan fingerprint density at radius 2 is 1.24 bits per heavy atom. The molecule has 0 aliphatic rings. The first-order valence-corrected chi connectivity index (χ1v) is 8.65. The highest BCUT2D eigenvalue weighted by Crippen LogP contribution is 2.42. The summed E-state index contributed by atoms with van der Waals surface area (Å²) in [6.45, 7) is 2.21. The van der Waals surface area contributed by atoms with Crippen molar-refractivity contribution < 1.29 is 18.9 Å². The number of ether oxygens (including phenoxy) is 4. The molecule has 0 bridgehead atoms. The Balaban J connectivity index is 2.52. The van der Waals surface area contributed by atoms with Crippen LogP contribution in [-0.2, 0) is 6.42 Å². The molecule has 0 heterocycles. The second kappa shape index (κ2) is 9.21. The second-order valence-corrected chi connectivity index (χ2v) is 5.93. The van der Waals surface area contributed by atoms with E-state index in [1.165, 1.54) is 18.4 Å². The van der Waals surface area contributed by atoms with E-state index in [1.54, 1.807) is 28.4 Å². The van der Waals surface area contributed by atoms with E-state index in [1.807, 2.05) is 18.2 Å². The van der Waals surface area contributed by atoms with Crippen LogP contribution in [0.4, 0.5) is 0 Å². The summed E-state index contributed by atoms with van der Waals surface area (Å²) in [6.07, 6.45) is 4.60. The van der Waals surface area contributed by atoms with Crippen LogP contribution in [-0.4, -0.2) is 28.4 Å². The quantitative estimate of drug-likeness (QED) is 0.592.